The summed E-state index contributed by atoms with van der Waals surface area (Å²) in [5.41, 5.74) is 3.64. The number of amides is 2. The van der Waals surface area contributed by atoms with Crippen molar-refractivity contribution >= 4 is 34.2 Å². The van der Waals surface area contributed by atoms with Gasteiger partial charge in [-0.25, -0.2) is 4.98 Å². The fraction of sp³-hybridized carbons (Fsp3) is 0.118. The van der Waals surface area contributed by atoms with E-state index in [1.807, 2.05) is 17.7 Å². The number of nitrogens with zero attached hydrogens (tertiary/aromatic N) is 2. The minimum atomic E-state index is -0.204. The van der Waals surface area contributed by atoms with E-state index in [1.54, 1.807) is 42.7 Å². The molecule has 1 aromatic heterocycles. The van der Waals surface area contributed by atoms with E-state index in [0.717, 1.165) is 11.0 Å². The van der Waals surface area contributed by atoms with Gasteiger partial charge >= 0.3 is 0 Å². The van der Waals surface area contributed by atoms with E-state index in [4.69, 9.17) is 0 Å². The van der Waals surface area contributed by atoms with Crippen LogP contribution in [0.15, 0.2) is 48.8 Å². The highest BCUT2D eigenvalue weighted by Crippen LogP contribution is 2.17. The molecular formula is C17H16N4O2. The summed E-state index contributed by atoms with van der Waals surface area (Å²) in [6, 6.07) is 12.3. The first-order chi connectivity index (χ1) is 11.0. The molecule has 0 atom stereocenters. The van der Waals surface area contributed by atoms with E-state index in [1.165, 1.54) is 6.92 Å². The van der Waals surface area contributed by atoms with Crippen LogP contribution in [0.4, 0.5) is 11.4 Å². The third kappa shape index (κ3) is 3.21. The summed E-state index contributed by atoms with van der Waals surface area (Å²) >= 11 is 0. The van der Waals surface area contributed by atoms with Crippen LogP contribution in [0, 0.1) is 0 Å². The Labute approximate surface area is 133 Å². The Kier molecular flexibility index (Phi) is 3.80. The van der Waals surface area contributed by atoms with Crippen LogP contribution in [-0.4, -0.2) is 21.4 Å². The lowest BCUT2D eigenvalue weighted by Crippen LogP contribution is -2.12. The van der Waals surface area contributed by atoms with Crippen LogP contribution in [-0.2, 0) is 11.8 Å². The second-order valence-corrected chi connectivity index (χ2v) is 5.27. The van der Waals surface area contributed by atoms with Crippen molar-refractivity contribution in [2.24, 2.45) is 7.05 Å². The van der Waals surface area contributed by atoms with Crippen LogP contribution in [0.1, 0.15) is 17.3 Å². The predicted molar refractivity (Wildman–Crippen MR) is 89.4 cm³/mol. The maximum Gasteiger partial charge on any atom is 0.255 e. The number of aryl methyl sites for hydroxylation is 1. The highest BCUT2D eigenvalue weighted by Gasteiger charge is 2.09. The molecule has 116 valence electrons. The van der Waals surface area contributed by atoms with Gasteiger partial charge in [-0.05, 0) is 42.5 Å². The number of rotatable bonds is 3. The quantitative estimate of drug-likeness (QED) is 0.781. The van der Waals surface area contributed by atoms with Crippen molar-refractivity contribution in [3.63, 3.8) is 0 Å². The van der Waals surface area contributed by atoms with Gasteiger partial charge < -0.3 is 15.2 Å². The van der Waals surface area contributed by atoms with Crippen LogP contribution in [0.25, 0.3) is 11.0 Å². The van der Waals surface area contributed by atoms with Crippen molar-refractivity contribution in [1.82, 2.24) is 9.55 Å². The van der Waals surface area contributed by atoms with E-state index < -0.39 is 0 Å². The monoisotopic (exact) mass is 308 g/mol. The number of fused-ring (bicyclic) bond motifs is 1. The maximum absolute atomic E-state index is 12.3. The lowest BCUT2D eigenvalue weighted by molar-refractivity contribution is -0.114. The topological polar surface area (TPSA) is 76.0 Å². The molecule has 2 amide bonds. The Morgan fingerprint density at radius 2 is 1.65 bits per heavy atom. The molecule has 0 aliphatic heterocycles. The largest absolute Gasteiger partial charge is 0.334 e. The molecule has 23 heavy (non-hydrogen) atoms. The first kappa shape index (κ1) is 14.8. The fourth-order valence-corrected chi connectivity index (χ4v) is 2.32. The van der Waals surface area contributed by atoms with Crippen LogP contribution >= 0.6 is 0 Å². The van der Waals surface area contributed by atoms with Crippen LogP contribution < -0.4 is 10.6 Å². The lowest BCUT2D eigenvalue weighted by atomic mass is 10.2. The van der Waals surface area contributed by atoms with Gasteiger partial charge in [-0.1, -0.05) is 0 Å². The maximum atomic E-state index is 12.3. The summed E-state index contributed by atoms with van der Waals surface area (Å²) in [6.07, 6.45) is 1.72. The Hall–Kier alpha value is -3.15. The van der Waals surface area contributed by atoms with E-state index in [2.05, 4.69) is 15.6 Å². The van der Waals surface area contributed by atoms with Crippen molar-refractivity contribution in [1.29, 1.82) is 0 Å². The van der Waals surface area contributed by atoms with Gasteiger partial charge in [0.2, 0.25) is 5.91 Å². The van der Waals surface area contributed by atoms with Crippen molar-refractivity contribution in [3.05, 3.63) is 54.4 Å². The number of hydrogen-bond donors (Lipinski definition) is 2. The molecule has 3 rings (SSSR count). The zero-order valence-electron chi connectivity index (χ0n) is 12.8. The average molecular weight is 308 g/mol. The molecule has 3 aromatic rings. The molecule has 1 heterocycles. The molecule has 0 radical (unpaired) electrons. The Bertz CT molecular complexity index is 881. The number of anilines is 2. The number of carbonyl (C=O) groups is 2. The van der Waals surface area contributed by atoms with Gasteiger partial charge in [-0.15, -0.1) is 0 Å². The summed E-state index contributed by atoms with van der Waals surface area (Å²) in [5.74, 6) is -0.338. The van der Waals surface area contributed by atoms with Gasteiger partial charge in [-0.2, -0.15) is 0 Å². The first-order valence-corrected chi connectivity index (χ1v) is 7.13. The number of benzene rings is 2. The summed E-state index contributed by atoms with van der Waals surface area (Å²) in [7, 11) is 1.91. The summed E-state index contributed by atoms with van der Waals surface area (Å²) in [5, 5.41) is 5.50. The Balaban J connectivity index is 1.75. The van der Waals surface area contributed by atoms with E-state index in [-0.39, 0.29) is 11.8 Å². The Morgan fingerprint density at radius 1 is 1.00 bits per heavy atom. The summed E-state index contributed by atoms with van der Waals surface area (Å²) < 4.78 is 1.90. The molecule has 0 aliphatic carbocycles. The molecular weight excluding hydrogens is 292 g/mol. The van der Waals surface area contributed by atoms with Gasteiger partial charge in [0.1, 0.15) is 0 Å². The van der Waals surface area contributed by atoms with Crippen LogP contribution in [0.2, 0.25) is 0 Å². The molecule has 2 aromatic carbocycles. The molecule has 0 fully saturated rings. The van der Waals surface area contributed by atoms with Gasteiger partial charge in [0.05, 0.1) is 17.4 Å². The van der Waals surface area contributed by atoms with Gasteiger partial charge in [0.25, 0.3) is 5.91 Å². The van der Waals surface area contributed by atoms with Gasteiger partial charge in [0.15, 0.2) is 0 Å². The minimum absolute atomic E-state index is 0.134. The van der Waals surface area contributed by atoms with Crippen molar-refractivity contribution in [3.8, 4) is 0 Å². The van der Waals surface area contributed by atoms with E-state index >= 15 is 0 Å². The molecule has 2 N–H and O–H groups in total. The normalized spacial score (nSPS) is 10.5. The van der Waals surface area contributed by atoms with Crippen molar-refractivity contribution in [2.75, 3.05) is 10.6 Å². The molecule has 0 spiro atoms. The zero-order chi connectivity index (χ0) is 16.4. The average Bonchev–Trinajstić information content (AvgIpc) is 2.89. The molecule has 6 nitrogen and oxygen atoms in total. The van der Waals surface area contributed by atoms with Gasteiger partial charge in [-0.3, -0.25) is 9.59 Å². The molecule has 0 aliphatic rings. The number of aromatic nitrogens is 2. The first-order valence-electron chi connectivity index (χ1n) is 7.13. The fourth-order valence-electron chi connectivity index (χ4n) is 2.32. The highest BCUT2D eigenvalue weighted by atomic mass is 16.2. The van der Waals surface area contributed by atoms with Crippen molar-refractivity contribution in [2.45, 2.75) is 6.92 Å². The van der Waals surface area contributed by atoms with Crippen molar-refractivity contribution < 1.29 is 9.59 Å². The number of nitrogens with one attached hydrogen (secondary N) is 2. The molecule has 0 saturated carbocycles. The van der Waals surface area contributed by atoms with E-state index in [9.17, 15) is 9.59 Å². The van der Waals surface area contributed by atoms with E-state index in [0.29, 0.717) is 16.9 Å². The van der Waals surface area contributed by atoms with Crippen LogP contribution in [0.3, 0.4) is 0 Å². The summed E-state index contributed by atoms with van der Waals surface area (Å²) in [6.45, 7) is 1.45. The predicted octanol–water partition coefficient (Wildman–Crippen LogP) is 2.78. The second-order valence-electron chi connectivity index (χ2n) is 5.27. The van der Waals surface area contributed by atoms with Gasteiger partial charge in [0, 0.05) is 30.9 Å². The molecule has 0 saturated heterocycles. The highest BCUT2D eigenvalue weighted by molar-refractivity contribution is 6.06. The standard InChI is InChI=1S/C17H16N4O2/c1-11(22)19-13-4-6-14(7-5-13)20-17(23)12-3-8-16-15(9-12)18-10-21(16)2/h3-10H,1-2H3,(H,19,22)(H,20,23). The SMILES string of the molecule is CC(=O)Nc1ccc(NC(=O)c2ccc3c(c2)ncn3C)cc1. The molecule has 6 heteroatoms. The molecule has 0 bridgehead atoms. The smallest absolute Gasteiger partial charge is 0.255 e. The number of carbonyl (C=O) groups excluding carboxylic acids is 2. The second kappa shape index (κ2) is 5.92. The molecule has 0 unspecified atom stereocenters. The lowest BCUT2D eigenvalue weighted by Gasteiger charge is -2.07. The zero-order valence-corrected chi connectivity index (χ0v) is 12.8. The number of imidazole rings is 1. The van der Waals surface area contributed by atoms with Crippen LogP contribution in [0.5, 0.6) is 0 Å². The third-order valence-electron chi connectivity index (χ3n) is 3.45. The summed E-state index contributed by atoms with van der Waals surface area (Å²) in [4.78, 5) is 27.5. The third-order valence-corrected chi connectivity index (χ3v) is 3.45. The minimum Gasteiger partial charge on any atom is -0.334 e. The number of hydrogen-bond acceptors (Lipinski definition) is 3. The Morgan fingerprint density at radius 3 is 2.30 bits per heavy atom.